The van der Waals surface area contributed by atoms with Crippen molar-refractivity contribution in [2.75, 3.05) is 6.54 Å². The summed E-state index contributed by atoms with van der Waals surface area (Å²) in [6.45, 7) is 0.766. The molecule has 0 atom stereocenters. The van der Waals surface area contributed by atoms with Crippen LogP contribution in [0.3, 0.4) is 0 Å². The molecule has 2 aromatic rings. The van der Waals surface area contributed by atoms with Gasteiger partial charge in [0.15, 0.2) is 0 Å². The Kier molecular flexibility index (Phi) is 5.00. The zero-order valence-corrected chi connectivity index (χ0v) is 11.3. The van der Waals surface area contributed by atoms with Gasteiger partial charge in [0.05, 0.1) is 5.56 Å². The number of hydrogen-bond donors (Lipinski definition) is 2. The largest absolute Gasteiger partial charge is 0.478 e. The molecule has 0 spiro atoms. The topological polar surface area (TPSA) is 49.3 Å². The van der Waals surface area contributed by atoms with E-state index in [0.717, 1.165) is 11.6 Å². The molecule has 0 unspecified atom stereocenters. The van der Waals surface area contributed by atoms with Gasteiger partial charge in [0.25, 0.3) is 0 Å². The molecule has 0 aliphatic carbocycles. The quantitative estimate of drug-likeness (QED) is 0.804. The van der Waals surface area contributed by atoms with Crippen LogP contribution >= 0.6 is 0 Å². The molecule has 2 rings (SSSR count). The van der Waals surface area contributed by atoms with Crippen LogP contribution < -0.4 is 5.32 Å². The highest BCUT2D eigenvalue weighted by Gasteiger charge is 2.08. The molecule has 0 saturated carbocycles. The first kappa shape index (κ1) is 15.1. The van der Waals surface area contributed by atoms with Crippen LogP contribution in [0.25, 0.3) is 0 Å². The van der Waals surface area contributed by atoms with Crippen molar-refractivity contribution >= 4 is 5.97 Å². The maximum atomic E-state index is 13.6. The third-order valence-corrected chi connectivity index (χ3v) is 3.09. The van der Waals surface area contributed by atoms with Crippen LogP contribution in [0.15, 0.2) is 42.5 Å². The molecular formula is C16H15F2NO2. The SMILES string of the molecule is O=C(O)c1ccc(F)c(CNCCc2cccc(F)c2)c1. The van der Waals surface area contributed by atoms with Crippen molar-refractivity contribution < 1.29 is 18.7 Å². The molecule has 0 radical (unpaired) electrons. The molecule has 2 aromatic carbocycles. The Morgan fingerprint density at radius 3 is 2.67 bits per heavy atom. The summed E-state index contributed by atoms with van der Waals surface area (Å²) in [5, 5.41) is 11.9. The van der Waals surface area contributed by atoms with Crippen molar-refractivity contribution in [3.63, 3.8) is 0 Å². The zero-order chi connectivity index (χ0) is 15.2. The van der Waals surface area contributed by atoms with Crippen molar-refractivity contribution in [3.8, 4) is 0 Å². The van der Waals surface area contributed by atoms with Crippen molar-refractivity contribution in [1.82, 2.24) is 5.32 Å². The van der Waals surface area contributed by atoms with Crippen LogP contribution in [0.1, 0.15) is 21.5 Å². The molecule has 110 valence electrons. The van der Waals surface area contributed by atoms with Gasteiger partial charge in [-0.2, -0.15) is 0 Å². The van der Waals surface area contributed by atoms with Gasteiger partial charge in [0.2, 0.25) is 0 Å². The first-order valence-electron chi connectivity index (χ1n) is 6.53. The van der Waals surface area contributed by atoms with E-state index < -0.39 is 11.8 Å². The summed E-state index contributed by atoms with van der Waals surface area (Å²) >= 11 is 0. The van der Waals surface area contributed by atoms with Crippen molar-refractivity contribution in [2.24, 2.45) is 0 Å². The predicted molar refractivity (Wildman–Crippen MR) is 75.2 cm³/mol. The van der Waals surface area contributed by atoms with E-state index in [2.05, 4.69) is 5.32 Å². The van der Waals surface area contributed by atoms with Crippen LogP contribution in [-0.2, 0) is 13.0 Å². The number of carbonyl (C=O) groups is 1. The number of hydrogen-bond acceptors (Lipinski definition) is 2. The molecule has 0 fully saturated rings. The van der Waals surface area contributed by atoms with Gasteiger partial charge in [0.1, 0.15) is 11.6 Å². The minimum absolute atomic E-state index is 0.0540. The normalized spacial score (nSPS) is 10.6. The van der Waals surface area contributed by atoms with Crippen LogP contribution in [0.2, 0.25) is 0 Å². The van der Waals surface area contributed by atoms with Gasteiger partial charge in [-0.25, -0.2) is 13.6 Å². The number of carboxylic acids is 1. The summed E-state index contributed by atoms with van der Waals surface area (Å²) in [7, 11) is 0. The molecule has 3 nitrogen and oxygen atoms in total. The first-order chi connectivity index (χ1) is 10.1. The number of halogens is 2. The number of rotatable bonds is 6. The second kappa shape index (κ2) is 6.95. The Bertz CT molecular complexity index is 644. The summed E-state index contributed by atoms with van der Waals surface area (Å²) < 4.78 is 26.5. The number of aromatic carboxylic acids is 1. The second-order valence-electron chi connectivity index (χ2n) is 4.67. The predicted octanol–water partition coefficient (Wildman–Crippen LogP) is 3.00. The fourth-order valence-corrected chi connectivity index (χ4v) is 1.99. The van der Waals surface area contributed by atoms with Gasteiger partial charge in [-0.3, -0.25) is 0 Å². The third kappa shape index (κ3) is 4.36. The zero-order valence-electron chi connectivity index (χ0n) is 11.3. The average Bonchev–Trinajstić information content (AvgIpc) is 2.45. The summed E-state index contributed by atoms with van der Waals surface area (Å²) in [4.78, 5) is 10.8. The summed E-state index contributed by atoms with van der Waals surface area (Å²) in [6.07, 6.45) is 0.609. The molecular weight excluding hydrogens is 276 g/mol. The third-order valence-electron chi connectivity index (χ3n) is 3.09. The van der Waals surface area contributed by atoms with Crippen LogP contribution in [-0.4, -0.2) is 17.6 Å². The highest BCUT2D eigenvalue weighted by Crippen LogP contribution is 2.11. The van der Waals surface area contributed by atoms with Crippen LogP contribution in [0.5, 0.6) is 0 Å². The molecule has 2 N–H and O–H groups in total. The van der Waals surface area contributed by atoms with E-state index >= 15 is 0 Å². The van der Waals surface area contributed by atoms with Crippen LogP contribution in [0, 0.1) is 11.6 Å². The monoisotopic (exact) mass is 291 g/mol. The Balaban J connectivity index is 1.88. The minimum Gasteiger partial charge on any atom is -0.478 e. The lowest BCUT2D eigenvalue weighted by Gasteiger charge is -2.07. The van der Waals surface area contributed by atoms with Gasteiger partial charge in [-0.1, -0.05) is 12.1 Å². The van der Waals surface area contributed by atoms with E-state index in [1.165, 1.54) is 24.3 Å². The highest BCUT2D eigenvalue weighted by molar-refractivity contribution is 5.87. The maximum absolute atomic E-state index is 13.6. The van der Waals surface area contributed by atoms with Crippen molar-refractivity contribution in [3.05, 3.63) is 70.8 Å². The van der Waals surface area contributed by atoms with Crippen molar-refractivity contribution in [2.45, 2.75) is 13.0 Å². The Morgan fingerprint density at radius 2 is 1.95 bits per heavy atom. The van der Waals surface area contributed by atoms with Crippen LogP contribution in [0.4, 0.5) is 8.78 Å². The van der Waals surface area contributed by atoms with Gasteiger partial charge in [-0.15, -0.1) is 0 Å². The smallest absolute Gasteiger partial charge is 0.335 e. The minimum atomic E-state index is -1.09. The average molecular weight is 291 g/mol. The molecule has 0 heterocycles. The number of benzene rings is 2. The van der Waals surface area contributed by atoms with E-state index in [1.807, 2.05) is 6.07 Å². The maximum Gasteiger partial charge on any atom is 0.335 e. The summed E-state index contributed by atoms with van der Waals surface area (Å²) in [5.41, 5.74) is 1.20. The standard InChI is InChI=1S/C16H15F2NO2/c17-14-3-1-2-11(8-14)6-7-19-10-13-9-12(16(20)21)4-5-15(13)18/h1-5,8-9,19H,6-7,10H2,(H,20,21). The van der Waals surface area contributed by atoms with E-state index in [1.54, 1.807) is 6.07 Å². The lowest BCUT2D eigenvalue weighted by Crippen LogP contribution is -2.18. The van der Waals surface area contributed by atoms with Gasteiger partial charge in [0, 0.05) is 12.1 Å². The van der Waals surface area contributed by atoms with Gasteiger partial charge >= 0.3 is 5.97 Å². The Labute approximate surface area is 121 Å². The highest BCUT2D eigenvalue weighted by atomic mass is 19.1. The molecule has 21 heavy (non-hydrogen) atoms. The Hall–Kier alpha value is -2.27. The van der Waals surface area contributed by atoms with E-state index in [4.69, 9.17) is 5.11 Å². The second-order valence-corrected chi connectivity index (χ2v) is 4.67. The molecule has 0 amide bonds. The summed E-state index contributed by atoms with van der Waals surface area (Å²) in [6, 6.07) is 9.97. The van der Waals surface area contributed by atoms with Crippen molar-refractivity contribution in [1.29, 1.82) is 0 Å². The lowest BCUT2D eigenvalue weighted by molar-refractivity contribution is 0.0696. The Morgan fingerprint density at radius 1 is 1.14 bits per heavy atom. The lowest BCUT2D eigenvalue weighted by atomic mass is 10.1. The number of carboxylic acid groups (broad SMARTS) is 1. The van der Waals surface area contributed by atoms with E-state index in [9.17, 15) is 13.6 Å². The summed E-state index contributed by atoms with van der Waals surface area (Å²) in [5.74, 6) is -1.82. The molecule has 0 aliphatic rings. The molecule has 0 aliphatic heterocycles. The molecule has 0 bridgehead atoms. The van der Waals surface area contributed by atoms with Gasteiger partial charge < -0.3 is 10.4 Å². The van der Waals surface area contributed by atoms with Gasteiger partial charge in [-0.05, 0) is 48.9 Å². The van der Waals surface area contributed by atoms with E-state index in [-0.39, 0.29) is 17.9 Å². The number of nitrogens with one attached hydrogen (secondary N) is 1. The molecule has 0 aromatic heterocycles. The first-order valence-corrected chi connectivity index (χ1v) is 6.53. The fourth-order valence-electron chi connectivity index (χ4n) is 1.99. The molecule has 5 heteroatoms. The van der Waals surface area contributed by atoms with E-state index in [0.29, 0.717) is 18.5 Å². The molecule has 0 saturated heterocycles. The fraction of sp³-hybridized carbons (Fsp3) is 0.188.